The van der Waals surface area contributed by atoms with Gasteiger partial charge >= 0.3 is 6.03 Å². The number of halogens is 3. The molecule has 2 aromatic rings. The van der Waals surface area contributed by atoms with E-state index in [0.29, 0.717) is 18.5 Å². The van der Waals surface area contributed by atoms with E-state index in [1.54, 1.807) is 18.0 Å². The van der Waals surface area contributed by atoms with Crippen LogP contribution >= 0.6 is 0 Å². The molecule has 2 amide bonds. The third kappa shape index (κ3) is 4.32. The van der Waals surface area contributed by atoms with Crippen LogP contribution in [-0.2, 0) is 0 Å². The standard InChI is InChI=1S/C24H26F3N3O/c1-28-11-10-22(21(27)15-28)29(2)24(31)30-14-17(19-13-18(25)8-9-20(19)26)12-23(30)16-6-4-3-5-7-16/h3-9,12-13,21-23H,10-11,14-15H2,1-2H3/t21-,22-,23+/m1/s1. The molecule has 0 unspecified atom stereocenters. The van der Waals surface area contributed by atoms with E-state index in [-0.39, 0.29) is 24.7 Å². The number of hydrogen-bond acceptors (Lipinski definition) is 2. The van der Waals surface area contributed by atoms with Crippen molar-refractivity contribution in [1.82, 2.24) is 14.7 Å². The summed E-state index contributed by atoms with van der Waals surface area (Å²) in [7, 11) is 3.48. The van der Waals surface area contributed by atoms with Crippen LogP contribution in [0.1, 0.15) is 23.6 Å². The Bertz CT molecular complexity index is 981. The molecule has 0 spiro atoms. The van der Waals surface area contributed by atoms with Crippen LogP contribution in [0.25, 0.3) is 5.57 Å². The number of amides is 2. The molecule has 2 aliphatic rings. The van der Waals surface area contributed by atoms with E-state index >= 15 is 0 Å². The summed E-state index contributed by atoms with van der Waals surface area (Å²) in [6.45, 7) is 1.11. The Labute approximate surface area is 180 Å². The molecule has 1 saturated heterocycles. The summed E-state index contributed by atoms with van der Waals surface area (Å²) >= 11 is 0. The molecule has 164 valence electrons. The second-order valence-electron chi connectivity index (χ2n) is 8.33. The molecule has 4 rings (SSSR count). The summed E-state index contributed by atoms with van der Waals surface area (Å²) < 4.78 is 42.9. The average Bonchev–Trinajstić information content (AvgIpc) is 3.20. The van der Waals surface area contributed by atoms with E-state index in [0.717, 1.165) is 23.8 Å². The molecule has 0 bridgehead atoms. The molecule has 0 radical (unpaired) electrons. The summed E-state index contributed by atoms with van der Waals surface area (Å²) in [6, 6.07) is 11.4. The van der Waals surface area contributed by atoms with Crippen molar-refractivity contribution < 1.29 is 18.0 Å². The van der Waals surface area contributed by atoms with Crippen LogP contribution in [0.3, 0.4) is 0 Å². The zero-order valence-electron chi connectivity index (χ0n) is 17.6. The van der Waals surface area contributed by atoms with Crippen molar-refractivity contribution in [2.24, 2.45) is 0 Å². The summed E-state index contributed by atoms with van der Waals surface area (Å²) in [6.07, 6.45) is 1.20. The Morgan fingerprint density at radius 1 is 1.13 bits per heavy atom. The molecule has 3 atom stereocenters. The molecule has 2 aliphatic heterocycles. The highest BCUT2D eigenvalue weighted by Crippen LogP contribution is 2.37. The van der Waals surface area contributed by atoms with Gasteiger partial charge in [-0.05, 0) is 42.8 Å². The molecule has 4 nitrogen and oxygen atoms in total. The summed E-state index contributed by atoms with van der Waals surface area (Å²) in [5.74, 6) is -1.08. The predicted molar refractivity (Wildman–Crippen MR) is 114 cm³/mol. The van der Waals surface area contributed by atoms with Crippen molar-refractivity contribution in [3.05, 3.63) is 77.4 Å². The number of rotatable bonds is 3. The minimum absolute atomic E-state index is 0.118. The Hall–Kier alpha value is -2.80. The van der Waals surface area contributed by atoms with Gasteiger partial charge in [0.2, 0.25) is 0 Å². The fraction of sp³-hybridized carbons (Fsp3) is 0.375. The highest BCUT2D eigenvalue weighted by molar-refractivity contribution is 5.82. The molecule has 31 heavy (non-hydrogen) atoms. The van der Waals surface area contributed by atoms with Crippen LogP contribution < -0.4 is 0 Å². The molecule has 2 aromatic carbocycles. The number of alkyl halides is 1. The minimum Gasteiger partial charge on any atom is -0.322 e. The number of carbonyl (C=O) groups is 1. The number of benzene rings is 2. The SMILES string of the molecule is CN1CC[C@@H](N(C)C(=O)N2CC(c3cc(F)ccc3F)=C[C@H]2c2ccccc2)[C@H](F)C1. The first kappa shape index (κ1) is 21.4. The number of nitrogens with zero attached hydrogens (tertiary/aromatic N) is 3. The third-order valence-corrected chi connectivity index (χ3v) is 6.21. The van der Waals surface area contributed by atoms with Gasteiger partial charge in [0.15, 0.2) is 0 Å². The van der Waals surface area contributed by atoms with Crippen molar-refractivity contribution >= 4 is 11.6 Å². The van der Waals surface area contributed by atoms with Gasteiger partial charge in [0.25, 0.3) is 0 Å². The fourth-order valence-corrected chi connectivity index (χ4v) is 4.47. The Morgan fingerprint density at radius 2 is 1.87 bits per heavy atom. The number of carbonyl (C=O) groups excluding carboxylic acids is 1. The van der Waals surface area contributed by atoms with Gasteiger partial charge in [-0.2, -0.15) is 0 Å². The predicted octanol–water partition coefficient (Wildman–Crippen LogP) is 4.50. The topological polar surface area (TPSA) is 26.8 Å². The first-order valence-corrected chi connectivity index (χ1v) is 10.4. The maximum atomic E-state index is 14.7. The molecule has 0 aromatic heterocycles. The normalized spacial score (nSPS) is 24.2. The maximum absolute atomic E-state index is 14.7. The van der Waals surface area contributed by atoms with Crippen molar-refractivity contribution in [1.29, 1.82) is 0 Å². The Balaban J connectivity index is 1.64. The van der Waals surface area contributed by atoms with Gasteiger partial charge in [0.05, 0.1) is 12.1 Å². The van der Waals surface area contributed by atoms with Crippen LogP contribution in [0.5, 0.6) is 0 Å². The first-order chi connectivity index (χ1) is 14.8. The van der Waals surface area contributed by atoms with Crippen LogP contribution in [0.2, 0.25) is 0 Å². The molecular formula is C24H26F3N3O. The van der Waals surface area contributed by atoms with Gasteiger partial charge < -0.3 is 14.7 Å². The smallest absolute Gasteiger partial charge is 0.321 e. The Kier molecular flexibility index (Phi) is 6.05. The van der Waals surface area contributed by atoms with E-state index in [1.165, 1.54) is 4.90 Å². The van der Waals surface area contributed by atoms with E-state index in [4.69, 9.17) is 0 Å². The van der Waals surface area contributed by atoms with Crippen LogP contribution in [0.15, 0.2) is 54.6 Å². The van der Waals surface area contributed by atoms with E-state index in [9.17, 15) is 18.0 Å². The van der Waals surface area contributed by atoms with E-state index in [2.05, 4.69) is 0 Å². The second kappa shape index (κ2) is 8.75. The molecule has 2 heterocycles. The molecule has 7 heteroatoms. The van der Waals surface area contributed by atoms with Gasteiger partial charge in [-0.25, -0.2) is 18.0 Å². The van der Waals surface area contributed by atoms with Gasteiger partial charge in [-0.1, -0.05) is 36.4 Å². The quantitative estimate of drug-likeness (QED) is 0.718. The van der Waals surface area contributed by atoms with Gasteiger partial charge in [-0.15, -0.1) is 0 Å². The van der Waals surface area contributed by atoms with E-state index in [1.807, 2.05) is 42.3 Å². The van der Waals surface area contributed by atoms with Crippen molar-refractivity contribution in [2.45, 2.75) is 24.7 Å². The lowest BCUT2D eigenvalue weighted by Crippen LogP contribution is -2.54. The van der Waals surface area contributed by atoms with Gasteiger partial charge in [0.1, 0.15) is 17.8 Å². The number of hydrogen-bond donors (Lipinski definition) is 0. The van der Waals surface area contributed by atoms with Crippen molar-refractivity contribution in [2.75, 3.05) is 33.7 Å². The van der Waals surface area contributed by atoms with E-state index < -0.39 is 29.9 Å². The molecular weight excluding hydrogens is 403 g/mol. The molecule has 0 saturated carbocycles. The summed E-state index contributed by atoms with van der Waals surface area (Å²) in [5, 5.41) is 0. The fourth-order valence-electron chi connectivity index (χ4n) is 4.47. The summed E-state index contributed by atoms with van der Waals surface area (Å²) in [5.41, 5.74) is 1.53. The largest absolute Gasteiger partial charge is 0.322 e. The van der Waals surface area contributed by atoms with Crippen molar-refractivity contribution in [3.63, 3.8) is 0 Å². The third-order valence-electron chi connectivity index (χ3n) is 6.21. The zero-order chi connectivity index (χ0) is 22.1. The monoisotopic (exact) mass is 429 g/mol. The first-order valence-electron chi connectivity index (χ1n) is 10.4. The number of likely N-dealkylation sites (tertiary alicyclic amines) is 1. The average molecular weight is 429 g/mol. The number of urea groups is 1. The molecule has 1 fully saturated rings. The lowest BCUT2D eigenvalue weighted by Gasteiger charge is -2.40. The van der Waals surface area contributed by atoms with Crippen LogP contribution in [0.4, 0.5) is 18.0 Å². The van der Waals surface area contributed by atoms with Crippen LogP contribution in [-0.4, -0.2) is 66.7 Å². The Morgan fingerprint density at radius 3 is 2.58 bits per heavy atom. The minimum atomic E-state index is -1.14. The zero-order valence-corrected chi connectivity index (χ0v) is 17.6. The highest BCUT2D eigenvalue weighted by atomic mass is 19.1. The summed E-state index contributed by atoms with van der Waals surface area (Å²) in [4.78, 5) is 18.4. The lowest BCUT2D eigenvalue weighted by molar-refractivity contribution is 0.0601. The van der Waals surface area contributed by atoms with Crippen LogP contribution in [0, 0.1) is 11.6 Å². The van der Waals surface area contributed by atoms with Gasteiger partial charge in [-0.3, -0.25) is 0 Å². The molecule has 0 aliphatic carbocycles. The van der Waals surface area contributed by atoms with Crippen molar-refractivity contribution in [3.8, 4) is 0 Å². The van der Waals surface area contributed by atoms with Gasteiger partial charge in [0, 0.05) is 32.2 Å². The highest BCUT2D eigenvalue weighted by Gasteiger charge is 2.38. The maximum Gasteiger partial charge on any atom is 0.321 e. The number of piperidine rings is 1. The lowest BCUT2D eigenvalue weighted by atomic mass is 10.0. The molecule has 0 N–H and O–H groups in total. The second-order valence-corrected chi connectivity index (χ2v) is 8.33.